The van der Waals surface area contributed by atoms with Gasteiger partial charge < -0.3 is 10.2 Å². The van der Waals surface area contributed by atoms with E-state index in [-0.39, 0.29) is 5.56 Å². The van der Waals surface area contributed by atoms with Gasteiger partial charge in [0.2, 0.25) is 0 Å². The second-order valence-electron chi connectivity index (χ2n) is 6.26. The Hall–Kier alpha value is -3.22. The molecule has 1 N–H and O–H groups in total. The number of rotatable bonds is 4. The van der Waals surface area contributed by atoms with E-state index in [2.05, 4.69) is 10.3 Å². The van der Waals surface area contributed by atoms with Crippen molar-refractivity contribution in [1.29, 1.82) is 0 Å². The molecule has 140 valence electrons. The Bertz CT molecular complexity index is 1050. The Kier molecular flexibility index (Phi) is 5.21. The predicted molar refractivity (Wildman–Crippen MR) is 103 cm³/mol. The maximum Gasteiger partial charge on any atom is 0.322 e. The standard InChI is InChI=1S/C20H21FN4O2/c1-4-25-18(23-17-11-6-5-10-16(17)19(25)26)13(2)24(3)20(27)22-15-9-7-8-14(21)12-15/h5-13H,4H2,1-3H3,(H,22,27). The van der Waals surface area contributed by atoms with Crippen molar-refractivity contribution >= 4 is 22.6 Å². The third-order valence-electron chi connectivity index (χ3n) is 4.56. The minimum atomic E-state index is -0.462. The molecule has 1 aromatic heterocycles. The SMILES string of the molecule is CCn1c(C(C)N(C)C(=O)Nc2cccc(F)c2)nc2ccccc2c1=O. The van der Waals surface area contributed by atoms with E-state index in [4.69, 9.17) is 0 Å². The van der Waals surface area contributed by atoms with E-state index in [9.17, 15) is 14.0 Å². The Morgan fingerprint density at radius 3 is 2.70 bits per heavy atom. The van der Waals surface area contributed by atoms with E-state index < -0.39 is 17.9 Å². The quantitative estimate of drug-likeness (QED) is 0.762. The first-order chi connectivity index (χ1) is 12.9. The zero-order valence-electron chi connectivity index (χ0n) is 15.4. The Morgan fingerprint density at radius 2 is 2.00 bits per heavy atom. The van der Waals surface area contributed by atoms with E-state index in [0.29, 0.717) is 29.0 Å². The molecule has 0 aliphatic rings. The monoisotopic (exact) mass is 368 g/mol. The van der Waals surface area contributed by atoms with Crippen LogP contribution in [0.4, 0.5) is 14.9 Å². The first-order valence-corrected chi connectivity index (χ1v) is 8.71. The number of amides is 2. The maximum atomic E-state index is 13.3. The van der Waals surface area contributed by atoms with Crippen LogP contribution in [-0.4, -0.2) is 27.5 Å². The Labute approximate surface area is 156 Å². The van der Waals surface area contributed by atoms with Crippen LogP contribution in [-0.2, 0) is 6.54 Å². The van der Waals surface area contributed by atoms with Gasteiger partial charge in [0.15, 0.2) is 0 Å². The molecule has 3 aromatic rings. The van der Waals surface area contributed by atoms with Gasteiger partial charge in [-0.1, -0.05) is 18.2 Å². The zero-order valence-corrected chi connectivity index (χ0v) is 15.4. The van der Waals surface area contributed by atoms with Crippen molar-refractivity contribution in [2.24, 2.45) is 0 Å². The fourth-order valence-electron chi connectivity index (χ4n) is 2.94. The lowest BCUT2D eigenvalue weighted by Gasteiger charge is -2.27. The highest BCUT2D eigenvalue weighted by molar-refractivity contribution is 5.89. The van der Waals surface area contributed by atoms with Crippen molar-refractivity contribution in [2.45, 2.75) is 26.4 Å². The zero-order chi connectivity index (χ0) is 19.6. The molecule has 27 heavy (non-hydrogen) atoms. The summed E-state index contributed by atoms with van der Waals surface area (Å²) in [4.78, 5) is 31.4. The molecule has 0 bridgehead atoms. The highest BCUT2D eigenvalue weighted by atomic mass is 19.1. The second kappa shape index (κ2) is 7.57. The maximum absolute atomic E-state index is 13.3. The van der Waals surface area contributed by atoms with Gasteiger partial charge in [-0.15, -0.1) is 0 Å². The summed E-state index contributed by atoms with van der Waals surface area (Å²) in [7, 11) is 1.61. The van der Waals surface area contributed by atoms with Crippen LogP contribution in [0, 0.1) is 5.82 Å². The van der Waals surface area contributed by atoms with Crippen molar-refractivity contribution < 1.29 is 9.18 Å². The molecule has 1 atom stereocenters. The van der Waals surface area contributed by atoms with Crippen LogP contribution in [0.25, 0.3) is 10.9 Å². The van der Waals surface area contributed by atoms with E-state index in [1.807, 2.05) is 13.0 Å². The highest BCUT2D eigenvalue weighted by Crippen LogP contribution is 2.20. The molecule has 2 amide bonds. The van der Waals surface area contributed by atoms with Gasteiger partial charge in [-0.3, -0.25) is 9.36 Å². The number of halogens is 1. The number of carbonyl (C=O) groups is 1. The average molecular weight is 368 g/mol. The van der Waals surface area contributed by atoms with Crippen LogP contribution in [0.3, 0.4) is 0 Å². The molecule has 3 rings (SSSR count). The normalized spacial score (nSPS) is 12.0. The minimum Gasteiger partial charge on any atom is -0.318 e. The van der Waals surface area contributed by atoms with Crippen molar-refractivity contribution in [3.05, 3.63) is 70.5 Å². The summed E-state index contributed by atoms with van der Waals surface area (Å²) in [5, 5.41) is 3.20. The van der Waals surface area contributed by atoms with E-state index in [1.165, 1.54) is 23.1 Å². The number of urea groups is 1. The van der Waals surface area contributed by atoms with Gasteiger partial charge in [-0.2, -0.15) is 0 Å². The molecular weight excluding hydrogens is 347 g/mol. The summed E-state index contributed by atoms with van der Waals surface area (Å²) in [6.07, 6.45) is 0. The van der Waals surface area contributed by atoms with Crippen LogP contribution >= 0.6 is 0 Å². The first-order valence-electron chi connectivity index (χ1n) is 8.71. The Balaban J connectivity index is 1.93. The fraction of sp³-hybridized carbons (Fsp3) is 0.250. The average Bonchev–Trinajstić information content (AvgIpc) is 2.66. The smallest absolute Gasteiger partial charge is 0.318 e. The third kappa shape index (κ3) is 3.67. The summed E-state index contributed by atoms with van der Waals surface area (Å²) in [5.74, 6) is 0.0672. The summed E-state index contributed by atoms with van der Waals surface area (Å²) < 4.78 is 14.9. The summed E-state index contributed by atoms with van der Waals surface area (Å²) in [6.45, 7) is 4.10. The van der Waals surface area contributed by atoms with Gasteiger partial charge in [-0.05, 0) is 44.2 Å². The number of para-hydroxylation sites is 1. The summed E-state index contributed by atoms with van der Waals surface area (Å²) in [6, 6.07) is 11.9. The lowest BCUT2D eigenvalue weighted by Crippen LogP contribution is -2.37. The molecule has 1 unspecified atom stereocenters. The number of aromatic nitrogens is 2. The van der Waals surface area contributed by atoms with Crippen LogP contribution in [0.1, 0.15) is 25.7 Å². The molecule has 2 aromatic carbocycles. The first kappa shape index (κ1) is 18.6. The van der Waals surface area contributed by atoms with Crippen LogP contribution in [0.2, 0.25) is 0 Å². The molecule has 7 heteroatoms. The van der Waals surface area contributed by atoms with Gasteiger partial charge in [0.1, 0.15) is 11.6 Å². The molecule has 0 aliphatic heterocycles. The summed E-state index contributed by atoms with van der Waals surface area (Å²) in [5.41, 5.74) is 0.815. The number of fused-ring (bicyclic) bond motifs is 1. The molecule has 0 radical (unpaired) electrons. The lowest BCUT2D eigenvalue weighted by molar-refractivity contribution is 0.204. The van der Waals surface area contributed by atoms with Gasteiger partial charge >= 0.3 is 6.03 Å². The number of carbonyl (C=O) groups excluding carboxylic acids is 1. The van der Waals surface area contributed by atoms with Crippen LogP contribution < -0.4 is 10.9 Å². The molecule has 0 fully saturated rings. The van der Waals surface area contributed by atoms with Crippen LogP contribution in [0.15, 0.2) is 53.3 Å². The van der Waals surface area contributed by atoms with Crippen molar-refractivity contribution in [3.8, 4) is 0 Å². The van der Waals surface area contributed by atoms with E-state index in [0.717, 1.165) is 0 Å². The Morgan fingerprint density at radius 1 is 1.26 bits per heavy atom. The van der Waals surface area contributed by atoms with Gasteiger partial charge in [0.25, 0.3) is 5.56 Å². The molecular formula is C20H21FN4O2. The molecule has 1 heterocycles. The fourth-order valence-corrected chi connectivity index (χ4v) is 2.94. The van der Waals surface area contributed by atoms with Gasteiger partial charge in [0, 0.05) is 19.3 Å². The predicted octanol–water partition coefficient (Wildman–Crippen LogP) is 3.78. The van der Waals surface area contributed by atoms with E-state index >= 15 is 0 Å². The van der Waals surface area contributed by atoms with Gasteiger partial charge in [-0.25, -0.2) is 14.2 Å². The molecule has 0 spiro atoms. The number of hydrogen-bond donors (Lipinski definition) is 1. The summed E-state index contributed by atoms with van der Waals surface area (Å²) >= 11 is 0. The van der Waals surface area contributed by atoms with Crippen molar-refractivity contribution in [3.63, 3.8) is 0 Å². The number of nitrogens with zero attached hydrogens (tertiary/aromatic N) is 3. The highest BCUT2D eigenvalue weighted by Gasteiger charge is 2.23. The molecule has 6 nitrogen and oxygen atoms in total. The van der Waals surface area contributed by atoms with E-state index in [1.54, 1.807) is 42.8 Å². The third-order valence-corrected chi connectivity index (χ3v) is 4.56. The largest absolute Gasteiger partial charge is 0.322 e. The lowest BCUT2D eigenvalue weighted by atomic mass is 10.2. The minimum absolute atomic E-state index is 0.135. The van der Waals surface area contributed by atoms with Crippen molar-refractivity contribution in [1.82, 2.24) is 14.5 Å². The topological polar surface area (TPSA) is 67.2 Å². The number of benzene rings is 2. The molecule has 0 saturated heterocycles. The van der Waals surface area contributed by atoms with Crippen molar-refractivity contribution in [2.75, 3.05) is 12.4 Å². The second-order valence-corrected chi connectivity index (χ2v) is 6.26. The van der Waals surface area contributed by atoms with Crippen LogP contribution in [0.5, 0.6) is 0 Å². The number of hydrogen-bond acceptors (Lipinski definition) is 3. The number of anilines is 1. The molecule has 0 saturated carbocycles. The number of nitrogens with one attached hydrogen (secondary N) is 1. The van der Waals surface area contributed by atoms with Gasteiger partial charge in [0.05, 0.1) is 16.9 Å². The molecule has 0 aliphatic carbocycles.